The first-order valence-electron chi connectivity index (χ1n) is 6.89. The van der Waals surface area contributed by atoms with Crippen molar-refractivity contribution < 1.29 is 9.90 Å². The lowest BCUT2D eigenvalue weighted by Gasteiger charge is -2.04. The number of aryl methyl sites for hydroxylation is 1. The highest BCUT2D eigenvalue weighted by molar-refractivity contribution is 5.73. The zero-order valence-electron chi connectivity index (χ0n) is 12.6. The highest BCUT2D eigenvalue weighted by Crippen LogP contribution is 2.17. The smallest absolute Gasteiger partial charge is 0.317 e. The fraction of sp³-hybridized carbons (Fsp3) is 0.353. The first kappa shape index (κ1) is 18.1. The summed E-state index contributed by atoms with van der Waals surface area (Å²) in [6.45, 7) is 6.06. The van der Waals surface area contributed by atoms with Crippen LogP contribution in [0.25, 0.3) is 5.57 Å². The minimum absolute atomic E-state index is 0.278. The molecule has 0 fully saturated rings. The number of hydrogen-bond donors (Lipinski definition) is 2. The van der Waals surface area contributed by atoms with Crippen molar-refractivity contribution in [3.63, 3.8) is 0 Å². The van der Waals surface area contributed by atoms with Gasteiger partial charge in [0.05, 0.1) is 6.54 Å². The molecule has 0 aliphatic carbocycles. The third kappa shape index (κ3) is 7.54. The first-order valence-corrected chi connectivity index (χ1v) is 6.89. The van der Waals surface area contributed by atoms with E-state index in [9.17, 15) is 4.79 Å². The van der Waals surface area contributed by atoms with Crippen LogP contribution in [0.2, 0.25) is 0 Å². The number of nitrogens with two attached hydrogens (primary N) is 1. The minimum Gasteiger partial charge on any atom is -0.480 e. The lowest BCUT2D eigenvalue weighted by atomic mass is 10.0. The maximum Gasteiger partial charge on any atom is 0.317 e. The summed E-state index contributed by atoms with van der Waals surface area (Å²) >= 11 is 0. The summed E-state index contributed by atoms with van der Waals surface area (Å²) < 4.78 is 0. The quantitative estimate of drug-likeness (QED) is 0.806. The van der Waals surface area contributed by atoms with Crippen molar-refractivity contribution in [2.45, 2.75) is 33.6 Å². The third-order valence-electron chi connectivity index (χ3n) is 2.66. The van der Waals surface area contributed by atoms with Gasteiger partial charge in [-0.15, -0.1) is 0 Å². The van der Waals surface area contributed by atoms with Gasteiger partial charge in [-0.05, 0) is 37.0 Å². The van der Waals surface area contributed by atoms with E-state index in [-0.39, 0.29) is 6.54 Å². The molecule has 0 unspecified atom stereocenters. The number of allylic oxidation sites excluding steroid dienone is 4. The number of carbonyl (C=O) groups is 1. The monoisotopic (exact) mass is 275 g/mol. The van der Waals surface area contributed by atoms with Crippen molar-refractivity contribution in [3.05, 3.63) is 53.6 Å². The van der Waals surface area contributed by atoms with Crippen LogP contribution in [0.15, 0.2) is 42.5 Å². The highest BCUT2D eigenvalue weighted by atomic mass is 16.4. The number of carboxylic acid groups (broad SMARTS) is 1. The molecule has 20 heavy (non-hydrogen) atoms. The topological polar surface area (TPSA) is 63.3 Å². The predicted octanol–water partition coefficient (Wildman–Crippen LogP) is 3.65. The number of benzene rings is 1. The molecule has 1 rings (SSSR count). The second-order valence-corrected chi connectivity index (χ2v) is 4.29. The molecule has 0 radical (unpaired) electrons. The van der Waals surface area contributed by atoms with Crippen molar-refractivity contribution in [2.75, 3.05) is 6.54 Å². The van der Waals surface area contributed by atoms with Gasteiger partial charge in [-0.1, -0.05) is 55.8 Å². The molecule has 110 valence electrons. The molecular weight excluding hydrogens is 250 g/mol. The number of aliphatic carboxylic acids is 1. The van der Waals surface area contributed by atoms with E-state index in [0.717, 1.165) is 0 Å². The Labute approximate surface area is 121 Å². The summed E-state index contributed by atoms with van der Waals surface area (Å²) in [7, 11) is 0. The van der Waals surface area contributed by atoms with Crippen molar-refractivity contribution in [2.24, 2.45) is 5.73 Å². The minimum atomic E-state index is -0.968. The van der Waals surface area contributed by atoms with Gasteiger partial charge in [-0.25, -0.2) is 0 Å². The summed E-state index contributed by atoms with van der Waals surface area (Å²) in [5.41, 5.74) is 8.59. The summed E-state index contributed by atoms with van der Waals surface area (Å²) in [6.07, 6.45) is 8.76. The Hall–Kier alpha value is -1.87. The molecule has 0 spiro atoms. The standard InChI is InChI=1S/C15H20.C2H5NO2/c1-4-7-13-9-11-15(12-10-13)14(6-3)8-5-2;3-1-2(4)5/h5-6,8-12H,4,7H2,1-3H3;1,3H2,(H,4,5)/b8-5-,14-6+;. The van der Waals surface area contributed by atoms with Crippen LogP contribution in [0.3, 0.4) is 0 Å². The molecule has 0 saturated heterocycles. The van der Waals surface area contributed by atoms with Gasteiger partial charge in [0.2, 0.25) is 0 Å². The molecule has 0 aliphatic rings. The van der Waals surface area contributed by atoms with Gasteiger partial charge in [0.25, 0.3) is 0 Å². The molecule has 0 heterocycles. The molecule has 1 aromatic rings. The molecule has 0 amide bonds. The molecule has 1 aromatic carbocycles. The molecule has 0 atom stereocenters. The van der Waals surface area contributed by atoms with Crippen LogP contribution in [0.5, 0.6) is 0 Å². The predicted molar refractivity (Wildman–Crippen MR) is 85.6 cm³/mol. The van der Waals surface area contributed by atoms with Crippen LogP contribution in [-0.4, -0.2) is 17.6 Å². The molecule has 0 aromatic heterocycles. The number of hydrogen-bond acceptors (Lipinski definition) is 2. The first-order chi connectivity index (χ1) is 9.58. The summed E-state index contributed by atoms with van der Waals surface area (Å²) in [6, 6.07) is 8.87. The maximum atomic E-state index is 9.24. The van der Waals surface area contributed by atoms with Crippen molar-refractivity contribution in [1.29, 1.82) is 0 Å². The van der Waals surface area contributed by atoms with Crippen LogP contribution in [0.1, 0.15) is 38.3 Å². The number of carboxylic acids is 1. The van der Waals surface area contributed by atoms with Gasteiger partial charge in [0.1, 0.15) is 0 Å². The van der Waals surface area contributed by atoms with E-state index >= 15 is 0 Å². The Bertz CT molecular complexity index is 445. The van der Waals surface area contributed by atoms with Gasteiger partial charge in [-0.2, -0.15) is 0 Å². The Morgan fingerprint density at radius 1 is 1.25 bits per heavy atom. The van der Waals surface area contributed by atoms with E-state index in [1.165, 1.54) is 29.5 Å². The van der Waals surface area contributed by atoms with E-state index in [1.807, 2.05) is 0 Å². The van der Waals surface area contributed by atoms with E-state index in [4.69, 9.17) is 5.11 Å². The van der Waals surface area contributed by atoms with Crippen molar-refractivity contribution in [3.8, 4) is 0 Å². The van der Waals surface area contributed by atoms with E-state index in [0.29, 0.717) is 0 Å². The SMILES string of the molecule is C/C=C\C(=C/C)c1ccc(CCC)cc1.NCC(=O)O. The average Bonchev–Trinajstić information content (AvgIpc) is 2.46. The maximum absolute atomic E-state index is 9.24. The lowest BCUT2D eigenvalue weighted by Crippen LogP contribution is -2.10. The summed E-state index contributed by atoms with van der Waals surface area (Å²) in [5.74, 6) is -0.968. The molecular formula is C17H25NO2. The van der Waals surface area contributed by atoms with Crippen LogP contribution in [0.4, 0.5) is 0 Å². The molecule has 0 aliphatic heterocycles. The van der Waals surface area contributed by atoms with Gasteiger partial charge in [0, 0.05) is 0 Å². The zero-order chi connectivity index (χ0) is 15.4. The molecule has 0 saturated carbocycles. The van der Waals surface area contributed by atoms with E-state index in [2.05, 4.69) is 69.0 Å². The third-order valence-corrected chi connectivity index (χ3v) is 2.66. The fourth-order valence-corrected chi connectivity index (χ4v) is 1.69. The summed E-state index contributed by atoms with van der Waals surface area (Å²) in [4.78, 5) is 9.24. The van der Waals surface area contributed by atoms with Crippen molar-refractivity contribution in [1.82, 2.24) is 0 Å². The normalized spacial score (nSPS) is 11.1. The largest absolute Gasteiger partial charge is 0.480 e. The van der Waals surface area contributed by atoms with Crippen LogP contribution < -0.4 is 5.73 Å². The fourth-order valence-electron chi connectivity index (χ4n) is 1.69. The van der Waals surface area contributed by atoms with E-state index in [1.54, 1.807) is 0 Å². The summed E-state index contributed by atoms with van der Waals surface area (Å²) in [5, 5.41) is 7.60. The molecule has 0 bridgehead atoms. The Kier molecular flexibility index (Phi) is 9.97. The van der Waals surface area contributed by atoms with Gasteiger partial charge in [-0.3, -0.25) is 4.79 Å². The van der Waals surface area contributed by atoms with Crippen LogP contribution >= 0.6 is 0 Å². The second kappa shape index (κ2) is 11.0. The van der Waals surface area contributed by atoms with E-state index < -0.39 is 5.97 Å². The Morgan fingerprint density at radius 2 is 1.80 bits per heavy atom. The molecule has 3 nitrogen and oxygen atoms in total. The molecule has 3 heteroatoms. The van der Waals surface area contributed by atoms with Crippen LogP contribution in [0, 0.1) is 0 Å². The number of rotatable bonds is 5. The van der Waals surface area contributed by atoms with Gasteiger partial charge in [0.15, 0.2) is 0 Å². The van der Waals surface area contributed by atoms with Crippen molar-refractivity contribution >= 4 is 11.5 Å². The highest BCUT2D eigenvalue weighted by Gasteiger charge is 1.96. The zero-order valence-corrected chi connectivity index (χ0v) is 12.6. The second-order valence-electron chi connectivity index (χ2n) is 4.29. The Balaban J connectivity index is 0.000000621. The molecule has 3 N–H and O–H groups in total. The van der Waals surface area contributed by atoms with Gasteiger partial charge < -0.3 is 10.8 Å². The average molecular weight is 275 g/mol. The Morgan fingerprint density at radius 3 is 2.15 bits per heavy atom. The lowest BCUT2D eigenvalue weighted by molar-refractivity contribution is -0.135. The van der Waals surface area contributed by atoms with Crippen LogP contribution in [-0.2, 0) is 11.2 Å². The van der Waals surface area contributed by atoms with Gasteiger partial charge >= 0.3 is 5.97 Å².